The number of fused-ring (bicyclic) bond motifs is 1. The molecule has 96 valence electrons. The van der Waals surface area contributed by atoms with E-state index in [1.165, 1.54) is 6.33 Å². The van der Waals surface area contributed by atoms with Crippen molar-refractivity contribution in [1.29, 1.82) is 0 Å². The summed E-state index contributed by atoms with van der Waals surface area (Å²) in [5.41, 5.74) is 7.16. The molecule has 0 aliphatic carbocycles. The van der Waals surface area contributed by atoms with Gasteiger partial charge < -0.3 is 10.5 Å². The lowest BCUT2D eigenvalue weighted by atomic mass is 10.3. The second kappa shape index (κ2) is 5.48. The molecule has 0 saturated carbocycles. The van der Waals surface area contributed by atoms with E-state index in [1.807, 2.05) is 6.92 Å². The van der Waals surface area contributed by atoms with Gasteiger partial charge in [0.05, 0.1) is 18.7 Å². The molecule has 2 heterocycles. The highest BCUT2D eigenvalue weighted by Crippen LogP contribution is 2.13. The van der Waals surface area contributed by atoms with Gasteiger partial charge in [-0.25, -0.2) is 9.50 Å². The lowest BCUT2D eigenvalue weighted by Gasteiger charge is -2.04. The Hall–Kier alpha value is -2.11. The largest absolute Gasteiger partial charge is 0.465 e. The second-order valence-electron chi connectivity index (χ2n) is 4.02. The van der Waals surface area contributed by atoms with E-state index >= 15 is 0 Å². The van der Waals surface area contributed by atoms with Gasteiger partial charge in [-0.05, 0) is 18.6 Å². The molecule has 0 aromatic carbocycles. The summed E-state index contributed by atoms with van der Waals surface area (Å²) < 4.78 is 6.72. The Morgan fingerprint density at radius 3 is 3.11 bits per heavy atom. The van der Waals surface area contributed by atoms with Gasteiger partial charge in [0.15, 0.2) is 5.82 Å². The maximum Gasteiger partial charge on any atom is 0.311 e. The van der Waals surface area contributed by atoms with Crippen LogP contribution in [0.4, 0.5) is 5.82 Å². The second-order valence-corrected chi connectivity index (χ2v) is 4.02. The molecule has 0 spiro atoms. The maximum absolute atomic E-state index is 11.6. The Kier molecular flexibility index (Phi) is 3.76. The minimum absolute atomic E-state index is 0.189. The molecule has 2 aromatic rings. The van der Waals surface area contributed by atoms with Crippen LogP contribution in [0.3, 0.4) is 0 Å². The quantitative estimate of drug-likeness (QED) is 0.635. The van der Waals surface area contributed by atoms with E-state index in [1.54, 1.807) is 16.6 Å². The third kappa shape index (κ3) is 2.58. The minimum Gasteiger partial charge on any atom is -0.465 e. The number of esters is 1. The molecule has 2 N–H and O–H groups in total. The Balaban J connectivity index is 2.08. The van der Waals surface area contributed by atoms with Crippen LogP contribution in [0.1, 0.15) is 25.5 Å². The van der Waals surface area contributed by atoms with Crippen molar-refractivity contribution in [1.82, 2.24) is 14.6 Å². The van der Waals surface area contributed by atoms with Crippen molar-refractivity contribution in [2.75, 3.05) is 12.3 Å². The lowest BCUT2D eigenvalue weighted by molar-refractivity contribution is -0.143. The third-order valence-electron chi connectivity index (χ3n) is 2.65. The van der Waals surface area contributed by atoms with Crippen LogP contribution in [-0.2, 0) is 16.0 Å². The van der Waals surface area contributed by atoms with Gasteiger partial charge in [0.25, 0.3) is 0 Å². The minimum atomic E-state index is -0.249. The van der Waals surface area contributed by atoms with E-state index < -0.39 is 0 Å². The summed E-state index contributed by atoms with van der Waals surface area (Å²) in [6.07, 6.45) is 3.45. The first kappa shape index (κ1) is 12.3. The van der Waals surface area contributed by atoms with Gasteiger partial charge in [-0.15, -0.1) is 0 Å². The molecule has 6 nitrogen and oxygen atoms in total. The van der Waals surface area contributed by atoms with Crippen molar-refractivity contribution in [3.63, 3.8) is 0 Å². The fraction of sp³-hybridized carbons (Fsp3) is 0.417. The number of nitrogen functional groups attached to an aromatic ring is 1. The van der Waals surface area contributed by atoms with E-state index in [0.717, 1.165) is 18.5 Å². The molecule has 0 atom stereocenters. The molecule has 0 amide bonds. The van der Waals surface area contributed by atoms with Crippen LogP contribution >= 0.6 is 0 Å². The Morgan fingerprint density at radius 2 is 2.33 bits per heavy atom. The van der Waals surface area contributed by atoms with E-state index in [0.29, 0.717) is 17.9 Å². The highest BCUT2D eigenvalue weighted by molar-refractivity contribution is 5.74. The third-order valence-corrected chi connectivity index (χ3v) is 2.65. The van der Waals surface area contributed by atoms with Crippen LogP contribution in [0.25, 0.3) is 5.52 Å². The number of hydrogen-bond acceptors (Lipinski definition) is 5. The number of unbranched alkanes of at least 4 members (excludes halogenated alkanes) is 1. The van der Waals surface area contributed by atoms with Crippen LogP contribution in [0, 0.1) is 0 Å². The normalized spacial score (nSPS) is 10.7. The molecule has 0 fully saturated rings. The average Bonchev–Trinajstić information content (AvgIpc) is 2.74. The zero-order valence-corrected chi connectivity index (χ0v) is 10.3. The Morgan fingerprint density at radius 1 is 1.50 bits per heavy atom. The van der Waals surface area contributed by atoms with Gasteiger partial charge in [-0.3, -0.25) is 4.79 Å². The van der Waals surface area contributed by atoms with Crippen molar-refractivity contribution in [2.24, 2.45) is 0 Å². The average molecular weight is 248 g/mol. The molecule has 0 aliphatic rings. The summed E-state index contributed by atoms with van der Waals surface area (Å²) in [6.45, 7) is 2.52. The smallest absolute Gasteiger partial charge is 0.311 e. The molecule has 0 saturated heterocycles. The molecule has 0 aliphatic heterocycles. The zero-order valence-electron chi connectivity index (χ0n) is 10.3. The molecule has 2 rings (SSSR count). The maximum atomic E-state index is 11.6. The van der Waals surface area contributed by atoms with Gasteiger partial charge in [0.2, 0.25) is 0 Å². The number of nitrogens with zero attached hydrogens (tertiary/aromatic N) is 3. The van der Waals surface area contributed by atoms with Gasteiger partial charge >= 0.3 is 5.97 Å². The molecule has 18 heavy (non-hydrogen) atoms. The molecule has 6 heteroatoms. The van der Waals surface area contributed by atoms with Crippen molar-refractivity contribution < 1.29 is 9.53 Å². The molecule has 0 unspecified atom stereocenters. The van der Waals surface area contributed by atoms with Gasteiger partial charge in [0, 0.05) is 0 Å². The lowest BCUT2D eigenvalue weighted by Crippen LogP contribution is -2.11. The SMILES string of the molecule is CCCCOC(=O)Cc1ccc2c(N)ncnn12. The summed E-state index contributed by atoms with van der Waals surface area (Å²) >= 11 is 0. The monoisotopic (exact) mass is 248 g/mol. The molecular weight excluding hydrogens is 232 g/mol. The highest BCUT2D eigenvalue weighted by Gasteiger charge is 2.11. The number of hydrogen-bond donors (Lipinski definition) is 1. The first-order valence-corrected chi connectivity index (χ1v) is 5.95. The molecule has 0 radical (unpaired) electrons. The topological polar surface area (TPSA) is 82.5 Å². The Bertz CT molecular complexity index is 550. The van der Waals surface area contributed by atoms with E-state index in [2.05, 4.69) is 10.1 Å². The zero-order chi connectivity index (χ0) is 13.0. The fourth-order valence-electron chi connectivity index (χ4n) is 1.67. The van der Waals surface area contributed by atoms with Gasteiger partial charge in [-0.1, -0.05) is 13.3 Å². The summed E-state index contributed by atoms with van der Waals surface area (Å²) in [7, 11) is 0. The van der Waals surface area contributed by atoms with Crippen molar-refractivity contribution >= 4 is 17.3 Å². The van der Waals surface area contributed by atoms with Crippen molar-refractivity contribution in [3.8, 4) is 0 Å². The first-order chi connectivity index (χ1) is 8.72. The molecule has 0 bridgehead atoms. The highest BCUT2D eigenvalue weighted by atomic mass is 16.5. The molecule has 2 aromatic heterocycles. The number of aromatic nitrogens is 3. The standard InChI is InChI=1S/C12H16N4O2/c1-2-3-6-18-11(17)7-9-4-5-10-12(13)14-8-15-16(9)10/h4-5,8H,2-3,6-7H2,1H3,(H2,13,14,15). The number of ether oxygens (including phenoxy) is 1. The van der Waals surface area contributed by atoms with E-state index in [-0.39, 0.29) is 12.4 Å². The number of anilines is 1. The van der Waals surface area contributed by atoms with Crippen LogP contribution in [0.2, 0.25) is 0 Å². The van der Waals surface area contributed by atoms with Crippen LogP contribution in [0.15, 0.2) is 18.5 Å². The van der Waals surface area contributed by atoms with Crippen LogP contribution in [0.5, 0.6) is 0 Å². The van der Waals surface area contributed by atoms with Gasteiger partial charge in [0.1, 0.15) is 11.8 Å². The molecular formula is C12H16N4O2. The number of carbonyl (C=O) groups excluding carboxylic acids is 1. The first-order valence-electron chi connectivity index (χ1n) is 5.95. The summed E-state index contributed by atoms with van der Waals surface area (Å²) in [6, 6.07) is 3.60. The van der Waals surface area contributed by atoms with Crippen molar-refractivity contribution in [2.45, 2.75) is 26.2 Å². The predicted octanol–water partition coefficient (Wildman–Crippen LogP) is 1.20. The van der Waals surface area contributed by atoms with Gasteiger partial charge in [-0.2, -0.15) is 5.10 Å². The summed E-state index contributed by atoms with van der Waals surface area (Å²) in [5.74, 6) is 0.149. The van der Waals surface area contributed by atoms with Crippen LogP contribution in [-0.4, -0.2) is 27.2 Å². The van der Waals surface area contributed by atoms with Crippen LogP contribution < -0.4 is 5.73 Å². The number of rotatable bonds is 5. The fourth-order valence-corrected chi connectivity index (χ4v) is 1.67. The number of nitrogens with two attached hydrogens (primary N) is 1. The van der Waals surface area contributed by atoms with E-state index in [4.69, 9.17) is 10.5 Å². The van der Waals surface area contributed by atoms with Crippen molar-refractivity contribution in [3.05, 3.63) is 24.2 Å². The Labute approximate surface area is 105 Å². The summed E-state index contributed by atoms with van der Waals surface area (Å²) in [5, 5.41) is 4.07. The summed E-state index contributed by atoms with van der Waals surface area (Å²) in [4.78, 5) is 15.5. The predicted molar refractivity (Wildman–Crippen MR) is 67.0 cm³/mol. The van der Waals surface area contributed by atoms with E-state index in [9.17, 15) is 4.79 Å². The number of carbonyl (C=O) groups is 1.